The molecule has 0 aliphatic carbocycles. The highest BCUT2D eigenvalue weighted by Crippen LogP contribution is 2.26. The number of phenolic OH excluding ortho intramolecular Hbond substituents is 1. The summed E-state index contributed by atoms with van der Waals surface area (Å²) in [5.41, 5.74) is 0.830. The molecule has 3 N–H and O–H groups in total. The molecule has 2 aromatic rings. The van der Waals surface area contributed by atoms with E-state index >= 15 is 0 Å². The molecule has 0 saturated heterocycles. The van der Waals surface area contributed by atoms with Gasteiger partial charge in [0.25, 0.3) is 5.91 Å². The van der Waals surface area contributed by atoms with Crippen LogP contribution in [0.2, 0.25) is 5.02 Å². The topological polar surface area (TPSA) is 61.4 Å². The Morgan fingerprint density at radius 3 is 2.71 bits per heavy atom. The zero-order valence-electron chi connectivity index (χ0n) is 10.6. The van der Waals surface area contributed by atoms with Crippen molar-refractivity contribution in [3.05, 3.63) is 56.6 Å². The molecular weight excluding hydrogens is 423 g/mol. The van der Waals surface area contributed by atoms with Crippen molar-refractivity contribution < 1.29 is 9.90 Å². The first-order chi connectivity index (χ1) is 9.95. The predicted molar refractivity (Wildman–Crippen MR) is 96.0 cm³/mol. The van der Waals surface area contributed by atoms with E-state index in [1.54, 1.807) is 24.3 Å². The fraction of sp³-hybridized carbons (Fsp3) is 0. The Bertz CT molecular complexity index is 709. The van der Waals surface area contributed by atoms with Crippen molar-refractivity contribution in [3.8, 4) is 5.75 Å². The minimum Gasteiger partial charge on any atom is -0.506 e. The van der Waals surface area contributed by atoms with Crippen LogP contribution in [0.4, 0.5) is 5.69 Å². The van der Waals surface area contributed by atoms with Gasteiger partial charge < -0.3 is 10.4 Å². The third kappa shape index (κ3) is 4.55. The number of aromatic hydroxyl groups is 1. The molecule has 0 fully saturated rings. The number of hydrogen-bond acceptors (Lipinski definition) is 3. The van der Waals surface area contributed by atoms with Crippen molar-refractivity contribution in [2.45, 2.75) is 0 Å². The van der Waals surface area contributed by atoms with Gasteiger partial charge in [-0.15, -0.1) is 0 Å². The fourth-order valence-corrected chi connectivity index (χ4v) is 2.48. The standard InChI is InChI=1S/C14H10ClIN2O2S/c15-9-4-5-12(19)11(7-9)17-14(21)18-13(20)8-2-1-3-10(16)6-8/h1-7,19H,(H2,17,18,20,21). The number of phenols is 1. The lowest BCUT2D eigenvalue weighted by atomic mass is 10.2. The number of halogens is 2. The summed E-state index contributed by atoms with van der Waals surface area (Å²) in [7, 11) is 0. The molecule has 4 nitrogen and oxygen atoms in total. The lowest BCUT2D eigenvalue weighted by Crippen LogP contribution is -2.34. The van der Waals surface area contributed by atoms with Gasteiger partial charge in [0.05, 0.1) is 5.69 Å². The van der Waals surface area contributed by atoms with Crippen molar-refractivity contribution in [2.75, 3.05) is 5.32 Å². The first-order valence-electron chi connectivity index (χ1n) is 5.82. The van der Waals surface area contributed by atoms with Crippen LogP contribution in [0.25, 0.3) is 0 Å². The molecule has 0 aliphatic heterocycles. The van der Waals surface area contributed by atoms with Gasteiger partial charge in [0.1, 0.15) is 5.75 Å². The summed E-state index contributed by atoms with van der Waals surface area (Å²) in [5.74, 6) is -0.335. The third-order valence-electron chi connectivity index (χ3n) is 2.52. The maximum absolute atomic E-state index is 12.0. The van der Waals surface area contributed by atoms with E-state index in [-0.39, 0.29) is 16.8 Å². The van der Waals surface area contributed by atoms with Crippen LogP contribution in [0, 0.1) is 3.57 Å². The Morgan fingerprint density at radius 1 is 1.24 bits per heavy atom. The molecule has 2 aromatic carbocycles. The number of benzene rings is 2. The van der Waals surface area contributed by atoms with Crippen LogP contribution in [0.5, 0.6) is 5.75 Å². The number of amides is 1. The average molecular weight is 433 g/mol. The summed E-state index contributed by atoms with van der Waals surface area (Å²) >= 11 is 13.0. The highest BCUT2D eigenvalue weighted by Gasteiger charge is 2.10. The lowest BCUT2D eigenvalue weighted by molar-refractivity contribution is 0.0977. The van der Waals surface area contributed by atoms with E-state index in [9.17, 15) is 9.90 Å². The Morgan fingerprint density at radius 2 is 2.00 bits per heavy atom. The van der Waals surface area contributed by atoms with Gasteiger partial charge in [-0.05, 0) is 71.2 Å². The number of carbonyl (C=O) groups is 1. The van der Waals surface area contributed by atoms with Gasteiger partial charge in [-0.2, -0.15) is 0 Å². The van der Waals surface area contributed by atoms with Gasteiger partial charge in [0, 0.05) is 14.2 Å². The van der Waals surface area contributed by atoms with E-state index in [2.05, 4.69) is 33.2 Å². The average Bonchev–Trinajstić information content (AvgIpc) is 2.42. The molecule has 0 bridgehead atoms. The summed E-state index contributed by atoms with van der Waals surface area (Å²) in [5, 5.41) is 15.5. The van der Waals surface area contributed by atoms with Gasteiger partial charge in [-0.3, -0.25) is 10.1 Å². The molecule has 0 heterocycles. The number of rotatable bonds is 2. The number of carbonyl (C=O) groups excluding carboxylic acids is 1. The molecule has 0 aromatic heterocycles. The number of hydrogen-bond donors (Lipinski definition) is 3. The molecule has 21 heavy (non-hydrogen) atoms. The molecular formula is C14H10ClIN2O2S. The quantitative estimate of drug-likeness (QED) is 0.384. The zero-order valence-corrected chi connectivity index (χ0v) is 14.3. The Labute approximate surface area is 145 Å². The Balaban J connectivity index is 2.05. The summed E-state index contributed by atoms with van der Waals surface area (Å²) < 4.78 is 0.951. The van der Waals surface area contributed by atoms with E-state index in [4.69, 9.17) is 23.8 Å². The normalized spacial score (nSPS) is 10.0. The number of thiocarbonyl (C=S) groups is 1. The first-order valence-corrected chi connectivity index (χ1v) is 7.68. The minimum atomic E-state index is -0.326. The third-order valence-corrected chi connectivity index (χ3v) is 3.63. The fourth-order valence-electron chi connectivity index (χ4n) is 1.57. The van der Waals surface area contributed by atoms with Crippen molar-refractivity contribution >= 4 is 63.1 Å². The molecule has 1 amide bonds. The van der Waals surface area contributed by atoms with E-state index in [1.807, 2.05) is 6.07 Å². The summed E-state index contributed by atoms with van der Waals surface area (Å²) in [6.07, 6.45) is 0. The monoisotopic (exact) mass is 432 g/mol. The number of anilines is 1. The summed E-state index contributed by atoms with van der Waals surface area (Å²) in [4.78, 5) is 12.0. The predicted octanol–water partition coefficient (Wildman–Crippen LogP) is 3.78. The Kier molecular flexibility index (Phi) is 5.38. The van der Waals surface area contributed by atoms with Crippen molar-refractivity contribution in [3.63, 3.8) is 0 Å². The summed E-state index contributed by atoms with van der Waals surface area (Å²) in [6, 6.07) is 11.6. The molecule has 0 radical (unpaired) electrons. The van der Waals surface area contributed by atoms with E-state index in [0.717, 1.165) is 3.57 Å². The van der Waals surface area contributed by atoms with Crippen LogP contribution in [0.15, 0.2) is 42.5 Å². The molecule has 0 aliphatic rings. The van der Waals surface area contributed by atoms with Gasteiger partial charge in [0.15, 0.2) is 5.11 Å². The molecule has 0 atom stereocenters. The SMILES string of the molecule is O=C(NC(=S)Nc1cc(Cl)ccc1O)c1cccc(I)c1. The number of nitrogens with one attached hydrogen (secondary N) is 2. The maximum atomic E-state index is 12.0. The van der Waals surface area contributed by atoms with Gasteiger partial charge in [-0.1, -0.05) is 17.7 Å². The van der Waals surface area contributed by atoms with Gasteiger partial charge >= 0.3 is 0 Å². The molecule has 108 valence electrons. The van der Waals surface area contributed by atoms with Crippen LogP contribution >= 0.6 is 46.4 Å². The van der Waals surface area contributed by atoms with E-state index in [1.165, 1.54) is 12.1 Å². The van der Waals surface area contributed by atoms with Crippen LogP contribution < -0.4 is 10.6 Å². The van der Waals surface area contributed by atoms with E-state index in [0.29, 0.717) is 16.3 Å². The molecule has 2 rings (SSSR count). The largest absolute Gasteiger partial charge is 0.506 e. The summed E-state index contributed by atoms with van der Waals surface area (Å²) in [6.45, 7) is 0. The smallest absolute Gasteiger partial charge is 0.257 e. The van der Waals surface area contributed by atoms with Crippen molar-refractivity contribution in [1.29, 1.82) is 0 Å². The second-order valence-electron chi connectivity index (χ2n) is 4.08. The first kappa shape index (κ1) is 16.0. The highest BCUT2D eigenvalue weighted by atomic mass is 127. The van der Waals surface area contributed by atoms with Gasteiger partial charge in [0.2, 0.25) is 0 Å². The Hall–Kier alpha value is -1.38. The lowest BCUT2D eigenvalue weighted by Gasteiger charge is -2.11. The maximum Gasteiger partial charge on any atom is 0.257 e. The molecule has 0 unspecified atom stereocenters. The zero-order chi connectivity index (χ0) is 15.4. The van der Waals surface area contributed by atoms with Crippen LogP contribution in [-0.2, 0) is 0 Å². The molecule has 7 heteroatoms. The van der Waals surface area contributed by atoms with Crippen LogP contribution in [0.1, 0.15) is 10.4 Å². The van der Waals surface area contributed by atoms with Crippen molar-refractivity contribution in [1.82, 2.24) is 5.32 Å². The van der Waals surface area contributed by atoms with Crippen LogP contribution in [-0.4, -0.2) is 16.1 Å². The second-order valence-corrected chi connectivity index (χ2v) is 6.17. The van der Waals surface area contributed by atoms with Crippen LogP contribution in [0.3, 0.4) is 0 Å². The minimum absolute atomic E-state index is 0.00902. The second kappa shape index (κ2) is 7.06. The van der Waals surface area contributed by atoms with Gasteiger partial charge in [-0.25, -0.2) is 0 Å². The molecule has 0 saturated carbocycles. The van der Waals surface area contributed by atoms with Crippen molar-refractivity contribution in [2.24, 2.45) is 0 Å². The van der Waals surface area contributed by atoms with E-state index < -0.39 is 0 Å². The molecule has 0 spiro atoms. The highest BCUT2D eigenvalue weighted by molar-refractivity contribution is 14.1.